The van der Waals surface area contributed by atoms with Crippen molar-refractivity contribution in [1.29, 1.82) is 0 Å². The van der Waals surface area contributed by atoms with E-state index in [0.717, 1.165) is 32.4 Å². The molecule has 2 aliphatic rings. The van der Waals surface area contributed by atoms with Crippen molar-refractivity contribution in [3.05, 3.63) is 47.2 Å². The van der Waals surface area contributed by atoms with E-state index in [1.165, 1.54) is 11.1 Å². The first-order chi connectivity index (χ1) is 16.5. The lowest BCUT2D eigenvalue weighted by Crippen LogP contribution is -2.58. The van der Waals surface area contributed by atoms with Crippen molar-refractivity contribution in [3.8, 4) is 0 Å². The Hall–Kier alpha value is -2.55. The van der Waals surface area contributed by atoms with Crippen LogP contribution in [0.1, 0.15) is 51.7 Å². The average Bonchev–Trinajstić information content (AvgIpc) is 2.78. The zero-order valence-electron chi connectivity index (χ0n) is 21.9. The molecule has 0 radical (unpaired) electrons. The summed E-state index contributed by atoms with van der Waals surface area (Å²) >= 11 is 0. The highest BCUT2D eigenvalue weighted by Gasteiger charge is 2.37. The Balaban J connectivity index is 1.56. The zero-order valence-corrected chi connectivity index (χ0v) is 21.9. The molecule has 0 aliphatic carbocycles. The topological polar surface area (TPSA) is 101 Å². The van der Waals surface area contributed by atoms with Gasteiger partial charge in [-0.1, -0.05) is 24.3 Å². The minimum absolute atomic E-state index is 0.0400. The third kappa shape index (κ3) is 7.98. The van der Waals surface area contributed by atoms with Gasteiger partial charge in [-0.3, -0.25) is 14.7 Å². The first-order valence-corrected chi connectivity index (χ1v) is 12.5. The summed E-state index contributed by atoms with van der Waals surface area (Å²) in [6, 6.07) is 8.50. The molecular formula is C27H42N6O2. The second-order valence-corrected chi connectivity index (χ2v) is 11.0. The number of nitrogens with one attached hydrogen (secondary N) is 3. The van der Waals surface area contributed by atoms with Crippen molar-refractivity contribution in [2.45, 2.75) is 76.7 Å². The lowest BCUT2D eigenvalue weighted by molar-refractivity contribution is -0.118. The number of rotatable bonds is 8. The van der Waals surface area contributed by atoms with E-state index in [9.17, 15) is 9.90 Å². The Kier molecular flexibility index (Phi) is 8.85. The first-order valence-electron chi connectivity index (χ1n) is 12.5. The molecule has 3 rings (SSSR count). The van der Waals surface area contributed by atoms with E-state index in [-0.39, 0.29) is 29.6 Å². The highest BCUT2D eigenvalue weighted by molar-refractivity contribution is 6.04. The number of hydrogen-bond acceptors (Lipinski definition) is 6. The molecule has 1 saturated heterocycles. The summed E-state index contributed by atoms with van der Waals surface area (Å²) in [4.78, 5) is 23.9. The second-order valence-electron chi connectivity index (χ2n) is 11.0. The molecule has 1 atom stereocenters. The SMILES string of the molecule is C=NC(C=C(NC)C(=O)NC[C@H](O)CN1CCc2ccccc2C1)=NC1CC(C)(C)NC(C)(C)C1. The van der Waals surface area contributed by atoms with E-state index in [0.29, 0.717) is 18.1 Å². The number of carbonyl (C=O) groups excluding carboxylic acids is 1. The van der Waals surface area contributed by atoms with Gasteiger partial charge in [-0.05, 0) is 64.8 Å². The van der Waals surface area contributed by atoms with E-state index in [1.807, 2.05) is 6.07 Å². The lowest BCUT2D eigenvalue weighted by Gasteiger charge is -2.45. The van der Waals surface area contributed by atoms with Gasteiger partial charge in [0.25, 0.3) is 5.91 Å². The van der Waals surface area contributed by atoms with Crippen molar-refractivity contribution < 1.29 is 9.90 Å². The van der Waals surface area contributed by atoms with E-state index < -0.39 is 6.10 Å². The maximum absolute atomic E-state index is 12.8. The van der Waals surface area contributed by atoms with Crippen LogP contribution in [0.5, 0.6) is 0 Å². The number of β-amino-alcohol motifs (C(OH)–C–C–N with tert-alkyl or cyclic N) is 1. The Morgan fingerprint density at radius 2 is 1.91 bits per heavy atom. The quantitative estimate of drug-likeness (QED) is 0.258. The van der Waals surface area contributed by atoms with E-state index in [4.69, 9.17) is 4.99 Å². The molecule has 192 valence electrons. The van der Waals surface area contributed by atoms with E-state index in [1.54, 1.807) is 13.1 Å². The highest BCUT2D eigenvalue weighted by Crippen LogP contribution is 2.30. The van der Waals surface area contributed by atoms with Crippen molar-refractivity contribution >= 4 is 18.5 Å². The number of carbonyl (C=O) groups is 1. The van der Waals surface area contributed by atoms with Crippen LogP contribution in [-0.4, -0.2) is 78.4 Å². The molecule has 2 aliphatic heterocycles. The van der Waals surface area contributed by atoms with Crippen LogP contribution in [0.25, 0.3) is 0 Å². The van der Waals surface area contributed by atoms with Gasteiger partial charge < -0.3 is 21.1 Å². The molecule has 8 nitrogen and oxygen atoms in total. The van der Waals surface area contributed by atoms with Crippen molar-refractivity contribution in [3.63, 3.8) is 0 Å². The highest BCUT2D eigenvalue weighted by atomic mass is 16.3. The largest absolute Gasteiger partial charge is 0.390 e. The number of likely N-dealkylation sites (N-methyl/N-ethyl adjacent to an activating group) is 1. The summed E-state index contributed by atoms with van der Waals surface area (Å²) in [5, 5.41) is 19.9. The van der Waals surface area contributed by atoms with Gasteiger partial charge in [0.1, 0.15) is 11.5 Å². The number of aliphatic hydroxyl groups is 1. The van der Waals surface area contributed by atoms with Crippen LogP contribution in [0.4, 0.5) is 0 Å². The maximum Gasteiger partial charge on any atom is 0.267 e. The molecule has 0 unspecified atom stereocenters. The van der Waals surface area contributed by atoms with Gasteiger partial charge in [-0.2, -0.15) is 0 Å². The van der Waals surface area contributed by atoms with E-state index >= 15 is 0 Å². The van der Waals surface area contributed by atoms with Crippen molar-refractivity contribution in [1.82, 2.24) is 20.9 Å². The molecule has 4 N–H and O–H groups in total. The summed E-state index contributed by atoms with van der Waals surface area (Å²) in [6.07, 6.45) is 3.68. The fourth-order valence-electron chi connectivity index (χ4n) is 5.43. The number of amidine groups is 1. The van der Waals surface area contributed by atoms with Gasteiger partial charge >= 0.3 is 0 Å². The van der Waals surface area contributed by atoms with Gasteiger partial charge in [0, 0.05) is 50.4 Å². The molecule has 35 heavy (non-hydrogen) atoms. The van der Waals surface area contributed by atoms with Crippen LogP contribution in [-0.2, 0) is 17.8 Å². The summed E-state index contributed by atoms with van der Waals surface area (Å²) < 4.78 is 0. The van der Waals surface area contributed by atoms with Crippen LogP contribution in [0.2, 0.25) is 0 Å². The lowest BCUT2D eigenvalue weighted by atomic mass is 9.80. The minimum Gasteiger partial charge on any atom is -0.390 e. The molecule has 8 heteroatoms. The fourth-order valence-corrected chi connectivity index (χ4v) is 5.43. The molecule has 2 heterocycles. The van der Waals surface area contributed by atoms with E-state index in [2.05, 4.69) is 78.5 Å². The molecule has 0 spiro atoms. The van der Waals surface area contributed by atoms with Crippen LogP contribution < -0.4 is 16.0 Å². The number of aliphatic imine (C=N–C) groups is 2. The van der Waals surface area contributed by atoms with Gasteiger partial charge in [-0.25, -0.2) is 4.99 Å². The monoisotopic (exact) mass is 482 g/mol. The third-order valence-corrected chi connectivity index (χ3v) is 6.61. The third-order valence-electron chi connectivity index (χ3n) is 6.61. The Labute approximate surface area is 210 Å². The number of benzene rings is 1. The summed E-state index contributed by atoms with van der Waals surface area (Å²) in [5.74, 6) is 0.119. The molecule has 0 aromatic heterocycles. The number of amides is 1. The van der Waals surface area contributed by atoms with Crippen LogP contribution in [0.3, 0.4) is 0 Å². The van der Waals surface area contributed by atoms with Crippen LogP contribution in [0.15, 0.2) is 46.0 Å². The first kappa shape index (κ1) is 27.0. The Morgan fingerprint density at radius 1 is 1.26 bits per heavy atom. The normalized spacial score (nSPS) is 21.7. The molecular weight excluding hydrogens is 440 g/mol. The van der Waals surface area contributed by atoms with Gasteiger partial charge in [0.2, 0.25) is 0 Å². The Morgan fingerprint density at radius 3 is 2.54 bits per heavy atom. The number of nitrogens with zero attached hydrogens (tertiary/aromatic N) is 3. The smallest absolute Gasteiger partial charge is 0.267 e. The number of fused-ring (bicyclic) bond motifs is 1. The average molecular weight is 483 g/mol. The van der Waals surface area contributed by atoms with Gasteiger partial charge in [0.15, 0.2) is 0 Å². The molecule has 0 saturated carbocycles. The molecule has 0 bridgehead atoms. The summed E-state index contributed by atoms with van der Waals surface area (Å²) in [7, 11) is 1.68. The Bertz CT molecular complexity index is 952. The zero-order chi connectivity index (χ0) is 25.6. The van der Waals surface area contributed by atoms with Crippen molar-refractivity contribution in [2.75, 3.05) is 26.7 Å². The van der Waals surface area contributed by atoms with Crippen LogP contribution >= 0.6 is 0 Å². The predicted octanol–water partition coefficient (Wildman–Crippen LogP) is 2.03. The fraction of sp³-hybridized carbons (Fsp3) is 0.593. The number of hydrogen-bond donors (Lipinski definition) is 4. The van der Waals surface area contributed by atoms with Crippen molar-refractivity contribution in [2.24, 2.45) is 9.98 Å². The number of aliphatic hydroxyl groups excluding tert-OH is 1. The minimum atomic E-state index is -0.660. The standard InChI is InChI=1S/C27H42N6O2/c1-26(2)14-21(15-27(3,4)32-26)31-24(29-6)13-23(28-5)25(35)30-16-22(34)18-33-12-11-19-9-7-8-10-20(19)17-33/h7-10,13,21-22,28,32,34H,6,11-12,14-18H2,1-5H3,(H,30,35)/t22-/m0/s1. The molecule has 1 fully saturated rings. The second kappa shape index (κ2) is 11.5. The van der Waals surface area contributed by atoms with Crippen LogP contribution in [0, 0.1) is 0 Å². The molecule has 1 aromatic rings. The van der Waals surface area contributed by atoms with Gasteiger partial charge in [-0.15, -0.1) is 0 Å². The predicted molar refractivity (Wildman–Crippen MR) is 143 cm³/mol. The number of piperidine rings is 1. The van der Waals surface area contributed by atoms with Gasteiger partial charge in [0.05, 0.1) is 12.1 Å². The molecule has 1 amide bonds. The maximum atomic E-state index is 12.8. The molecule has 1 aromatic carbocycles. The summed E-state index contributed by atoms with van der Waals surface area (Å²) in [6.45, 7) is 14.7. The summed E-state index contributed by atoms with van der Waals surface area (Å²) in [5.41, 5.74) is 2.94.